The standard InChI is InChI=1S/C34H40ClN9O5Si/c1-33(2,3)49-32(45)39-29-10-7-23(17-36-29)28-18-37-31(42(28)21-48-13-14-50(4,5)6)34(46)12-11-22-15-24(19-44(47)30(22)34)26-16-25(35)8-9-27(26)43-20-38-40-41-43/h7-10,15-20,46H,11-14,21H2,1-6H3,(H,36,39,45). The third-order valence-electron chi connectivity index (χ3n) is 8.25. The topological polar surface area (TPSA) is 169 Å². The van der Waals surface area contributed by atoms with Gasteiger partial charge in [-0.2, -0.15) is 9.41 Å². The molecule has 0 spiro atoms. The molecule has 0 aliphatic heterocycles. The van der Waals surface area contributed by atoms with Crippen molar-refractivity contribution >= 4 is 31.6 Å². The zero-order valence-electron chi connectivity index (χ0n) is 28.8. The average molecular weight is 718 g/mol. The number of carbonyl (C=O) groups is 1. The molecule has 2 N–H and O–H groups in total. The highest BCUT2D eigenvalue weighted by molar-refractivity contribution is 6.76. The number of imidazole rings is 1. The number of anilines is 1. The maximum atomic E-state index is 13.9. The second-order valence-electron chi connectivity index (χ2n) is 14.5. The summed E-state index contributed by atoms with van der Waals surface area (Å²) >= 11 is 6.38. The molecule has 0 fully saturated rings. The Hall–Kier alpha value is -4.70. The summed E-state index contributed by atoms with van der Waals surface area (Å²) in [6.45, 7) is 12.8. The summed E-state index contributed by atoms with van der Waals surface area (Å²) in [4.78, 5) is 21.4. The molecule has 0 radical (unpaired) electrons. The molecule has 14 nitrogen and oxygen atoms in total. The van der Waals surface area contributed by atoms with Crippen LogP contribution < -0.4 is 10.0 Å². The quantitative estimate of drug-likeness (QED) is 0.0789. The van der Waals surface area contributed by atoms with Crippen LogP contribution in [0.2, 0.25) is 30.7 Å². The fourth-order valence-corrected chi connectivity index (χ4v) is 6.83. The summed E-state index contributed by atoms with van der Waals surface area (Å²) in [5, 5.41) is 40.9. The molecule has 1 atom stereocenters. The van der Waals surface area contributed by atoms with Gasteiger partial charge in [0.25, 0.3) is 0 Å². The Morgan fingerprint density at radius 3 is 2.62 bits per heavy atom. The zero-order chi connectivity index (χ0) is 35.8. The largest absolute Gasteiger partial charge is 0.618 e. The number of pyridine rings is 2. The Labute approximate surface area is 295 Å². The van der Waals surface area contributed by atoms with Crippen LogP contribution in [0.25, 0.3) is 28.1 Å². The number of amides is 1. The second kappa shape index (κ2) is 13.5. The molecule has 0 saturated carbocycles. The van der Waals surface area contributed by atoms with Crippen molar-refractivity contribution in [2.45, 2.75) is 77.2 Å². The van der Waals surface area contributed by atoms with Crippen molar-refractivity contribution in [3.05, 3.63) is 88.6 Å². The number of ether oxygens (including phenoxy) is 2. The normalized spacial score (nSPS) is 16.0. The molecule has 6 rings (SSSR count). The number of hydrogen-bond donors (Lipinski definition) is 2. The van der Waals surface area contributed by atoms with Crippen LogP contribution in [0.1, 0.15) is 44.3 Å². The third kappa shape index (κ3) is 7.55. The molecule has 0 saturated heterocycles. The van der Waals surface area contributed by atoms with E-state index >= 15 is 0 Å². The van der Waals surface area contributed by atoms with E-state index in [0.29, 0.717) is 62.2 Å². The SMILES string of the molecule is CC(C)(C)OC(=O)Nc1ccc(-c2cnc(C3(O)CCc4cc(-c5cc(Cl)ccc5-n5cnnn5)c[n+]([O-])c43)n2COCC[Si](C)(C)C)cn1. The molecule has 1 amide bonds. The Morgan fingerprint density at radius 1 is 1.14 bits per heavy atom. The number of fused-ring (bicyclic) bond motifs is 1. The first kappa shape index (κ1) is 35.1. The lowest BCUT2D eigenvalue weighted by Gasteiger charge is -2.24. The number of aryl methyl sites for hydroxylation is 1. The van der Waals surface area contributed by atoms with Gasteiger partial charge in [0, 0.05) is 48.2 Å². The highest BCUT2D eigenvalue weighted by Crippen LogP contribution is 2.42. The van der Waals surface area contributed by atoms with Crippen molar-refractivity contribution < 1.29 is 24.1 Å². The minimum atomic E-state index is -1.71. The summed E-state index contributed by atoms with van der Waals surface area (Å²) < 4.78 is 15.5. The average Bonchev–Trinajstić information content (AvgIpc) is 3.78. The monoisotopic (exact) mass is 717 g/mol. The van der Waals surface area contributed by atoms with Crippen LogP contribution in [0.3, 0.4) is 0 Å². The van der Waals surface area contributed by atoms with E-state index in [9.17, 15) is 15.1 Å². The first-order valence-electron chi connectivity index (χ1n) is 16.2. The van der Waals surface area contributed by atoms with Crippen molar-refractivity contribution in [1.29, 1.82) is 0 Å². The number of halogens is 1. The molecule has 5 aromatic rings. The molecular formula is C34H40ClN9O5Si. The Kier molecular flexibility index (Phi) is 9.52. The molecule has 4 heterocycles. The summed E-state index contributed by atoms with van der Waals surface area (Å²) in [6.07, 6.45) is 6.17. The van der Waals surface area contributed by atoms with Crippen molar-refractivity contribution in [2.75, 3.05) is 11.9 Å². The molecule has 50 heavy (non-hydrogen) atoms. The number of nitrogens with one attached hydrogen (secondary N) is 1. The summed E-state index contributed by atoms with van der Waals surface area (Å²) in [5.74, 6) is 0.597. The van der Waals surface area contributed by atoms with E-state index in [1.165, 1.54) is 17.2 Å². The number of rotatable bonds is 10. The van der Waals surface area contributed by atoms with Crippen LogP contribution in [-0.4, -0.2) is 66.2 Å². The van der Waals surface area contributed by atoms with E-state index in [2.05, 4.69) is 45.5 Å². The number of nitrogens with zero attached hydrogens (tertiary/aromatic N) is 8. The van der Waals surface area contributed by atoms with Crippen molar-refractivity contribution in [1.82, 2.24) is 34.7 Å². The Balaban J connectivity index is 1.36. The van der Waals surface area contributed by atoms with Crippen LogP contribution in [0, 0.1) is 5.21 Å². The summed E-state index contributed by atoms with van der Waals surface area (Å²) in [5.41, 5.74) is 1.71. The van der Waals surface area contributed by atoms with Gasteiger partial charge < -0.3 is 24.4 Å². The number of tetrazole rings is 1. The molecule has 16 heteroatoms. The number of hydrogen-bond acceptors (Lipinski definition) is 10. The van der Waals surface area contributed by atoms with Gasteiger partial charge in [0.2, 0.25) is 11.3 Å². The first-order chi connectivity index (χ1) is 23.6. The molecule has 4 aromatic heterocycles. The highest BCUT2D eigenvalue weighted by atomic mass is 35.5. The minimum Gasteiger partial charge on any atom is -0.618 e. The fourth-order valence-electron chi connectivity index (χ4n) is 5.90. The third-order valence-corrected chi connectivity index (χ3v) is 10.2. The Morgan fingerprint density at radius 2 is 1.94 bits per heavy atom. The van der Waals surface area contributed by atoms with E-state index < -0.39 is 25.4 Å². The van der Waals surface area contributed by atoms with E-state index in [-0.39, 0.29) is 24.7 Å². The lowest BCUT2D eigenvalue weighted by atomic mass is 9.98. The lowest BCUT2D eigenvalue weighted by Crippen LogP contribution is -2.43. The second-order valence-corrected chi connectivity index (χ2v) is 20.6. The number of carbonyl (C=O) groups excluding carboxylic acids is 1. The van der Waals surface area contributed by atoms with Crippen LogP contribution in [0.4, 0.5) is 10.6 Å². The maximum absolute atomic E-state index is 13.9. The van der Waals surface area contributed by atoms with Crippen molar-refractivity contribution in [3.8, 4) is 28.1 Å². The van der Waals surface area contributed by atoms with Gasteiger partial charge in [0.1, 0.15) is 24.5 Å². The number of benzene rings is 1. The van der Waals surface area contributed by atoms with Crippen LogP contribution >= 0.6 is 11.6 Å². The Bertz CT molecular complexity index is 2010. The minimum absolute atomic E-state index is 0.0967. The molecule has 262 valence electrons. The van der Waals surface area contributed by atoms with E-state index in [0.717, 1.165) is 6.04 Å². The molecule has 1 aliphatic rings. The molecule has 1 aliphatic carbocycles. The summed E-state index contributed by atoms with van der Waals surface area (Å²) in [6, 6.07) is 11.5. The van der Waals surface area contributed by atoms with E-state index in [1.807, 2.05) is 6.07 Å². The van der Waals surface area contributed by atoms with Gasteiger partial charge in [-0.15, -0.1) is 5.10 Å². The van der Waals surface area contributed by atoms with Crippen LogP contribution in [-0.2, 0) is 28.2 Å². The van der Waals surface area contributed by atoms with Gasteiger partial charge >= 0.3 is 6.09 Å². The van der Waals surface area contributed by atoms with Crippen LogP contribution in [0.5, 0.6) is 0 Å². The molecule has 1 aromatic carbocycles. The van der Waals surface area contributed by atoms with Crippen LogP contribution in [0.15, 0.2) is 61.3 Å². The van der Waals surface area contributed by atoms with Crippen molar-refractivity contribution in [3.63, 3.8) is 0 Å². The highest BCUT2D eigenvalue weighted by Gasteiger charge is 2.49. The molecular weight excluding hydrogens is 678 g/mol. The molecule has 1 unspecified atom stereocenters. The summed E-state index contributed by atoms with van der Waals surface area (Å²) in [7, 11) is -1.38. The number of aliphatic hydroxyl groups is 1. The maximum Gasteiger partial charge on any atom is 0.413 e. The van der Waals surface area contributed by atoms with Gasteiger partial charge in [-0.3, -0.25) is 5.32 Å². The van der Waals surface area contributed by atoms with E-state index in [4.69, 9.17) is 26.1 Å². The number of aromatic nitrogens is 8. The first-order valence-corrected chi connectivity index (χ1v) is 20.3. The van der Waals surface area contributed by atoms with Gasteiger partial charge in [0.05, 0.1) is 17.6 Å². The van der Waals surface area contributed by atoms with Gasteiger partial charge in [-0.1, -0.05) is 31.2 Å². The van der Waals surface area contributed by atoms with Crippen molar-refractivity contribution in [2.24, 2.45) is 0 Å². The zero-order valence-corrected chi connectivity index (χ0v) is 30.6. The smallest absolute Gasteiger partial charge is 0.413 e. The predicted molar refractivity (Wildman–Crippen MR) is 189 cm³/mol. The fraction of sp³-hybridized carbons (Fsp3) is 0.382. The van der Waals surface area contributed by atoms with Gasteiger partial charge in [0.15, 0.2) is 12.0 Å². The predicted octanol–water partition coefficient (Wildman–Crippen LogP) is 5.72. The lowest BCUT2D eigenvalue weighted by molar-refractivity contribution is -0.620. The molecule has 0 bridgehead atoms. The van der Waals surface area contributed by atoms with Gasteiger partial charge in [-0.25, -0.2) is 14.8 Å². The van der Waals surface area contributed by atoms with E-state index in [1.54, 1.807) is 68.1 Å². The van der Waals surface area contributed by atoms with Gasteiger partial charge in [-0.05, 0) is 86.5 Å².